The molecule has 0 radical (unpaired) electrons. The first kappa shape index (κ1) is 15.6. The normalized spacial score (nSPS) is 11.9. The molecule has 0 bridgehead atoms. The minimum Gasteiger partial charge on any atom is -0.352 e. The number of hydrogen-bond acceptors (Lipinski definition) is 3. The Morgan fingerprint density at radius 1 is 1.53 bits per heavy atom. The summed E-state index contributed by atoms with van der Waals surface area (Å²) in [5, 5.41) is 14.4. The largest absolute Gasteiger partial charge is 0.352 e. The number of hydrogen-bond donors (Lipinski definition) is 1. The van der Waals surface area contributed by atoms with Crippen LogP contribution in [0.5, 0.6) is 0 Å². The van der Waals surface area contributed by atoms with E-state index in [0.29, 0.717) is 23.6 Å². The standard InChI is InChI=1S/C13H17BrN2O3/c1-9(5-6-14)8-15-13(17)12-4-3-11(16(18)19)7-10(12)2/h3-4,7,9H,5-6,8H2,1-2H3,(H,15,17). The van der Waals surface area contributed by atoms with E-state index in [1.807, 2.05) is 0 Å². The molecule has 0 aliphatic rings. The number of nitro groups is 1. The zero-order valence-electron chi connectivity index (χ0n) is 11.0. The molecule has 1 amide bonds. The van der Waals surface area contributed by atoms with Crippen LogP contribution in [0, 0.1) is 23.0 Å². The van der Waals surface area contributed by atoms with Gasteiger partial charge in [0.05, 0.1) is 4.92 Å². The van der Waals surface area contributed by atoms with Crippen molar-refractivity contribution in [2.45, 2.75) is 20.3 Å². The first-order valence-electron chi connectivity index (χ1n) is 6.05. The SMILES string of the molecule is Cc1cc([N+](=O)[O-])ccc1C(=O)NCC(C)CCBr. The van der Waals surface area contributed by atoms with Gasteiger partial charge in [-0.3, -0.25) is 14.9 Å². The molecule has 1 atom stereocenters. The Balaban J connectivity index is 2.70. The Morgan fingerprint density at radius 2 is 2.21 bits per heavy atom. The van der Waals surface area contributed by atoms with Crippen LogP contribution < -0.4 is 5.32 Å². The van der Waals surface area contributed by atoms with Crippen LogP contribution in [0.15, 0.2) is 18.2 Å². The molecule has 6 heteroatoms. The molecule has 0 spiro atoms. The van der Waals surface area contributed by atoms with Crippen LogP contribution in [0.3, 0.4) is 0 Å². The van der Waals surface area contributed by atoms with Crippen LogP contribution in [0.2, 0.25) is 0 Å². The Morgan fingerprint density at radius 3 is 2.74 bits per heavy atom. The van der Waals surface area contributed by atoms with Gasteiger partial charge in [-0.25, -0.2) is 0 Å². The van der Waals surface area contributed by atoms with E-state index in [9.17, 15) is 14.9 Å². The van der Waals surface area contributed by atoms with Gasteiger partial charge < -0.3 is 5.32 Å². The van der Waals surface area contributed by atoms with Crippen molar-refractivity contribution in [1.29, 1.82) is 0 Å². The second-order valence-corrected chi connectivity index (χ2v) is 5.34. The lowest BCUT2D eigenvalue weighted by atomic mass is 10.1. The minimum absolute atomic E-state index is 0.00158. The third-order valence-corrected chi connectivity index (χ3v) is 3.34. The van der Waals surface area contributed by atoms with E-state index < -0.39 is 4.92 Å². The van der Waals surface area contributed by atoms with Crippen LogP contribution in [-0.4, -0.2) is 22.7 Å². The van der Waals surface area contributed by atoms with E-state index in [0.717, 1.165) is 11.8 Å². The van der Waals surface area contributed by atoms with E-state index in [1.54, 1.807) is 6.92 Å². The summed E-state index contributed by atoms with van der Waals surface area (Å²) in [7, 11) is 0. The molecule has 1 aromatic rings. The van der Waals surface area contributed by atoms with E-state index in [2.05, 4.69) is 28.2 Å². The molecule has 0 aliphatic carbocycles. The second-order valence-electron chi connectivity index (χ2n) is 4.55. The molecule has 1 unspecified atom stereocenters. The monoisotopic (exact) mass is 328 g/mol. The van der Waals surface area contributed by atoms with E-state index in [-0.39, 0.29) is 11.6 Å². The molecular weight excluding hydrogens is 312 g/mol. The van der Waals surface area contributed by atoms with Crippen molar-refractivity contribution >= 4 is 27.5 Å². The number of nitro benzene ring substituents is 1. The number of carbonyl (C=O) groups is 1. The topological polar surface area (TPSA) is 72.2 Å². The number of rotatable bonds is 6. The summed E-state index contributed by atoms with van der Waals surface area (Å²) in [4.78, 5) is 22.1. The second kappa shape index (κ2) is 7.23. The zero-order chi connectivity index (χ0) is 14.4. The molecule has 0 fully saturated rings. The van der Waals surface area contributed by atoms with Crippen molar-refractivity contribution in [1.82, 2.24) is 5.32 Å². The predicted molar refractivity (Wildman–Crippen MR) is 77.7 cm³/mol. The number of amides is 1. The smallest absolute Gasteiger partial charge is 0.269 e. The van der Waals surface area contributed by atoms with Gasteiger partial charge in [0.25, 0.3) is 11.6 Å². The fourth-order valence-corrected chi connectivity index (χ4v) is 2.45. The number of carbonyl (C=O) groups excluding carboxylic acids is 1. The molecule has 1 rings (SSSR count). The number of nitrogens with one attached hydrogen (secondary N) is 1. The molecule has 19 heavy (non-hydrogen) atoms. The lowest BCUT2D eigenvalue weighted by Gasteiger charge is -2.12. The van der Waals surface area contributed by atoms with Gasteiger partial charge in [0, 0.05) is 29.6 Å². The number of halogens is 1. The van der Waals surface area contributed by atoms with E-state index >= 15 is 0 Å². The molecule has 1 aromatic carbocycles. The van der Waals surface area contributed by atoms with Gasteiger partial charge in [-0.15, -0.1) is 0 Å². The summed E-state index contributed by atoms with van der Waals surface area (Å²) in [6.45, 7) is 4.36. The zero-order valence-corrected chi connectivity index (χ0v) is 12.6. The predicted octanol–water partition coefficient (Wildman–Crippen LogP) is 3.05. The van der Waals surface area contributed by atoms with Gasteiger partial charge in [-0.2, -0.15) is 0 Å². The molecule has 0 saturated carbocycles. The van der Waals surface area contributed by atoms with Crippen molar-refractivity contribution in [3.8, 4) is 0 Å². The third-order valence-electron chi connectivity index (χ3n) is 2.88. The molecule has 0 aliphatic heterocycles. The van der Waals surface area contributed by atoms with Crippen molar-refractivity contribution in [2.24, 2.45) is 5.92 Å². The van der Waals surface area contributed by atoms with Gasteiger partial charge in [0.2, 0.25) is 0 Å². The first-order chi connectivity index (χ1) is 8.95. The van der Waals surface area contributed by atoms with Crippen LogP contribution in [-0.2, 0) is 0 Å². The molecule has 104 valence electrons. The van der Waals surface area contributed by atoms with Gasteiger partial charge in [-0.1, -0.05) is 22.9 Å². The molecule has 5 nitrogen and oxygen atoms in total. The fraction of sp³-hybridized carbons (Fsp3) is 0.462. The maximum Gasteiger partial charge on any atom is 0.269 e. The fourth-order valence-electron chi connectivity index (χ4n) is 1.67. The van der Waals surface area contributed by atoms with Gasteiger partial charge in [0.1, 0.15) is 0 Å². The summed E-state index contributed by atoms with van der Waals surface area (Å²) in [6.07, 6.45) is 0.986. The summed E-state index contributed by atoms with van der Waals surface area (Å²) < 4.78 is 0. The molecule has 0 saturated heterocycles. The average molecular weight is 329 g/mol. The van der Waals surface area contributed by atoms with E-state index in [1.165, 1.54) is 18.2 Å². The lowest BCUT2D eigenvalue weighted by Crippen LogP contribution is -2.29. The van der Waals surface area contributed by atoms with Gasteiger partial charge in [0.15, 0.2) is 0 Å². The highest BCUT2D eigenvalue weighted by molar-refractivity contribution is 9.09. The molecule has 1 N–H and O–H groups in total. The maximum atomic E-state index is 12.0. The molecule has 0 heterocycles. The summed E-state index contributed by atoms with van der Waals surface area (Å²) in [5.74, 6) is 0.204. The maximum absolute atomic E-state index is 12.0. The first-order valence-corrected chi connectivity index (χ1v) is 7.17. The Bertz CT molecular complexity index is 477. The summed E-state index contributed by atoms with van der Waals surface area (Å²) in [5.41, 5.74) is 1.10. The average Bonchev–Trinajstić information content (AvgIpc) is 2.36. The number of benzene rings is 1. The van der Waals surface area contributed by atoms with Crippen molar-refractivity contribution in [3.63, 3.8) is 0 Å². The van der Waals surface area contributed by atoms with Crippen molar-refractivity contribution in [3.05, 3.63) is 39.4 Å². The number of alkyl halides is 1. The van der Waals surface area contributed by atoms with Gasteiger partial charge >= 0.3 is 0 Å². The highest BCUT2D eigenvalue weighted by Gasteiger charge is 2.13. The number of nitrogens with zero attached hydrogens (tertiary/aromatic N) is 1. The van der Waals surface area contributed by atoms with E-state index in [4.69, 9.17) is 0 Å². The van der Waals surface area contributed by atoms with Crippen LogP contribution in [0.25, 0.3) is 0 Å². The minimum atomic E-state index is -0.466. The van der Waals surface area contributed by atoms with Crippen molar-refractivity contribution < 1.29 is 9.72 Å². The highest BCUT2D eigenvalue weighted by Crippen LogP contribution is 2.17. The number of non-ortho nitro benzene ring substituents is 1. The number of aryl methyl sites for hydroxylation is 1. The van der Waals surface area contributed by atoms with Gasteiger partial charge in [-0.05, 0) is 30.9 Å². The van der Waals surface area contributed by atoms with Crippen molar-refractivity contribution in [2.75, 3.05) is 11.9 Å². The Kier molecular flexibility index (Phi) is 5.95. The molecular formula is C13H17BrN2O3. The Hall–Kier alpha value is -1.43. The summed E-state index contributed by atoms with van der Waals surface area (Å²) in [6, 6.07) is 4.26. The lowest BCUT2D eigenvalue weighted by molar-refractivity contribution is -0.384. The third kappa shape index (κ3) is 4.63. The van der Waals surface area contributed by atoms with Crippen LogP contribution >= 0.6 is 15.9 Å². The summed E-state index contributed by atoms with van der Waals surface area (Å²) >= 11 is 3.36. The van der Waals surface area contributed by atoms with Crippen LogP contribution in [0.1, 0.15) is 29.3 Å². The molecule has 0 aromatic heterocycles. The Labute approximate surface area is 120 Å². The van der Waals surface area contributed by atoms with Crippen LogP contribution in [0.4, 0.5) is 5.69 Å². The quantitative estimate of drug-likeness (QED) is 0.495. The highest BCUT2D eigenvalue weighted by atomic mass is 79.9.